The van der Waals surface area contributed by atoms with Crippen LogP contribution >= 0.6 is 0 Å². The van der Waals surface area contributed by atoms with E-state index in [1.54, 1.807) is 6.07 Å². The Labute approximate surface area is 90.3 Å². The second-order valence-electron chi connectivity index (χ2n) is 2.95. The Kier molecular flexibility index (Phi) is 2.50. The van der Waals surface area contributed by atoms with Crippen molar-refractivity contribution in [2.24, 2.45) is 0 Å². The van der Waals surface area contributed by atoms with E-state index in [0.717, 1.165) is 0 Å². The van der Waals surface area contributed by atoms with Crippen LogP contribution < -0.4 is 4.74 Å². The second kappa shape index (κ2) is 3.97. The number of methoxy groups -OCH3 is 1. The summed E-state index contributed by atoms with van der Waals surface area (Å²) in [6.07, 6.45) is 1.40. The highest BCUT2D eigenvalue weighted by Gasteiger charge is 2.10. The lowest BCUT2D eigenvalue weighted by molar-refractivity contribution is 0.0696. The van der Waals surface area contributed by atoms with Crippen LogP contribution in [0.4, 0.5) is 0 Å². The van der Waals surface area contributed by atoms with Crippen molar-refractivity contribution in [3.63, 3.8) is 0 Å². The number of carbonyl (C=O) groups is 1. The minimum Gasteiger partial charge on any atom is -0.494 e. The van der Waals surface area contributed by atoms with Gasteiger partial charge in [0.25, 0.3) is 0 Å². The van der Waals surface area contributed by atoms with Crippen LogP contribution in [-0.2, 0) is 0 Å². The molecule has 0 unspecified atom stereocenters. The zero-order valence-corrected chi connectivity index (χ0v) is 8.36. The van der Waals surface area contributed by atoms with Gasteiger partial charge < -0.3 is 9.84 Å². The molecule has 0 fully saturated rings. The third-order valence-corrected chi connectivity index (χ3v) is 2.02. The van der Waals surface area contributed by atoms with Crippen molar-refractivity contribution in [2.75, 3.05) is 7.11 Å². The molecule has 0 radical (unpaired) electrons. The number of hydrogen-bond donors (Lipinski definition) is 1. The number of nitrogens with zero attached hydrogens (tertiary/aromatic N) is 4. The van der Waals surface area contributed by atoms with E-state index in [-0.39, 0.29) is 5.56 Å². The van der Waals surface area contributed by atoms with Crippen LogP contribution in [0.2, 0.25) is 0 Å². The fourth-order valence-electron chi connectivity index (χ4n) is 1.27. The number of carboxylic acids is 1. The summed E-state index contributed by atoms with van der Waals surface area (Å²) in [7, 11) is 1.45. The van der Waals surface area contributed by atoms with Gasteiger partial charge in [0.15, 0.2) is 0 Å². The largest absolute Gasteiger partial charge is 0.494 e. The Morgan fingerprint density at radius 3 is 2.88 bits per heavy atom. The van der Waals surface area contributed by atoms with Crippen LogP contribution in [0.1, 0.15) is 10.4 Å². The van der Waals surface area contributed by atoms with Crippen LogP contribution in [0.3, 0.4) is 0 Å². The van der Waals surface area contributed by atoms with Gasteiger partial charge in [-0.2, -0.15) is 4.68 Å². The lowest BCUT2D eigenvalue weighted by Gasteiger charge is -2.07. The number of benzene rings is 1. The second-order valence-corrected chi connectivity index (χ2v) is 2.95. The molecular weight excluding hydrogens is 212 g/mol. The summed E-state index contributed by atoms with van der Waals surface area (Å²) in [5.41, 5.74) is 0.728. The number of carboxylic acid groups (broad SMARTS) is 1. The molecule has 1 aromatic carbocycles. The first-order chi connectivity index (χ1) is 7.72. The molecule has 0 aliphatic carbocycles. The molecule has 0 saturated carbocycles. The van der Waals surface area contributed by atoms with Gasteiger partial charge in [-0.15, -0.1) is 5.10 Å². The molecule has 1 heterocycles. The molecule has 2 rings (SSSR count). The summed E-state index contributed by atoms with van der Waals surface area (Å²) in [5, 5.41) is 19.5. The third-order valence-electron chi connectivity index (χ3n) is 2.02. The van der Waals surface area contributed by atoms with Crippen molar-refractivity contribution in [3.05, 3.63) is 30.1 Å². The maximum atomic E-state index is 10.8. The normalized spacial score (nSPS) is 10.1. The molecule has 1 N–H and O–H groups in total. The first kappa shape index (κ1) is 10.1. The molecule has 16 heavy (non-hydrogen) atoms. The zero-order valence-electron chi connectivity index (χ0n) is 8.36. The quantitative estimate of drug-likeness (QED) is 0.803. The maximum absolute atomic E-state index is 10.8. The summed E-state index contributed by atoms with van der Waals surface area (Å²) in [4.78, 5) is 10.8. The van der Waals surface area contributed by atoms with Crippen molar-refractivity contribution in [3.8, 4) is 11.4 Å². The lowest BCUT2D eigenvalue weighted by Crippen LogP contribution is -2.02. The number of aromatic nitrogens is 4. The molecule has 0 aliphatic rings. The number of aromatic carboxylic acids is 1. The highest BCUT2D eigenvalue weighted by atomic mass is 16.5. The maximum Gasteiger partial charge on any atom is 0.335 e. The number of hydrogen-bond acceptors (Lipinski definition) is 5. The van der Waals surface area contributed by atoms with Gasteiger partial charge in [0.1, 0.15) is 17.8 Å². The molecule has 0 spiro atoms. The topological polar surface area (TPSA) is 90.1 Å². The Balaban J connectivity index is 2.51. The van der Waals surface area contributed by atoms with Gasteiger partial charge in [-0.3, -0.25) is 0 Å². The first-order valence-electron chi connectivity index (χ1n) is 4.37. The number of ether oxygens (including phenoxy) is 1. The molecule has 7 heteroatoms. The lowest BCUT2D eigenvalue weighted by atomic mass is 10.2. The van der Waals surface area contributed by atoms with Gasteiger partial charge in [-0.05, 0) is 28.6 Å². The Hall–Kier alpha value is -2.44. The van der Waals surface area contributed by atoms with Gasteiger partial charge in [0.2, 0.25) is 0 Å². The predicted octanol–water partition coefficient (Wildman–Crippen LogP) is 0.369. The van der Waals surface area contributed by atoms with Crippen LogP contribution in [0.25, 0.3) is 5.69 Å². The SMILES string of the molecule is COc1cc(C(=O)O)ccc1-n1cnnn1. The van der Waals surface area contributed by atoms with Crippen LogP contribution in [-0.4, -0.2) is 38.4 Å². The zero-order chi connectivity index (χ0) is 11.5. The van der Waals surface area contributed by atoms with Crippen LogP contribution in [0.5, 0.6) is 5.75 Å². The summed E-state index contributed by atoms with van der Waals surface area (Å²) in [6, 6.07) is 4.46. The molecule has 2 aromatic rings. The van der Waals surface area contributed by atoms with Crippen molar-refractivity contribution < 1.29 is 14.6 Å². The molecule has 0 aliphatic heterocycles. The van der Waals surface area contributed by atoms with E-state index in [0.29, 0.717) is 11.4 Å². The fourth-order valence-corrected chi connectivity index (χ4v) is 1.27. The molecule has 82 valence electrons. The van der Waals surface area contributed by atoms with Crippen molar-refractivity contribution in [1.29, 1.82) is 0 Å². The molecule has 0 atom stereocenters. The van der Waals surface area contributed by atoms with E-state index in [1.165, 1.54) is 30.3 Å². The monoisotopic (exact) mass is 220 g/mol. The van der Waals surface area contributed by atoms with E-state index in [2.05, 4.69) is 15.5 Å². The third kappa shape index (κ3) is 1.70. The molecule has 7 nitrogen and oxygen atoms in total. The number of tetrazole rings is 1. The first-order valence-corrected chi connectivity index (χ1v) is 4.37. The van der Waals surface area contributed by atoms with Crippen molar-refractivity contribution >= 4 is 5.97 Å². The minimum atomic E-state index is -1.01. The minimum absolute atomic E-state index is 0.147. The van der Waals surface area contributed by atoms with Gasteiger partial charge >= 0.3 is 5.97 Å². The van der Waals surface area contributed by atoms with Crippen molar-refractivity contribution in [1.82, 2.24) is 20.2 Å². The smallest absolute Gasteiger partial charge is 0.335 e. The van der Waals surface area contributed by atoms with E-state index in [1.807, 2.05) is 0 Å². The Bertz CT molecular complexity index is 509. The van der Waals surface area contributed by atoms with E-state index < -0.39 is 5.97 Å². The summed E-state index contributed by atoms with van der Waals surface area (Å²) >= 11 is 0. The summed E-state index contributed by atoms with van der Waals surface area (Å²) < 4.78 is 6.47. The average Bonchev–Trinajstić information content (AvgIpc) is 2.81. The fraction of sp³-hybridized carbons (Fsp3) is 0.111. The highest BCUT2D eigenvalue weighted by Crippen LogP contribution is 2.22. The van der Waals surface area contributed by atoms with Gasteiger partial charge in [-0.25, -0.2) is 4.79 Å². The highest BCUT2D eigenvalue weighted by molar-refractivity contribution is 5.88. The number of rotatable bonds is 3. The van der Waals surface area contributed by atoms with Crippen molar-refractivity contribution in [2.45, 2.75) is 0 Å². The summed E-state index contributed by atoms with van der Waals surface area (Å²) in [5.74, 6) is -0.617. The Morgan fingerprint density at radius 1 is 1.50 bits per heavy atom. The van der Waals surface area contributed by atoms with E-state index in [4.69, 9.17) is 9.84 Å². The molecule has 0 bridgehead atoms. The van der Waals surface area contributed by atoms with Gasteiger partial charge in [0.05, 0.1) is 12.7 Å². The molecular formula is C9H8N4O3. The van der Waals surface area contributed by atoms with E-state index >= 15 is 0 Å². The molecule has 1 aromatic heterocycles. The summed E-state index contributed by atoms with van der Waals surface area (Å²) in [6.45, 7) is 0. The Morgan fingerprint density at radius 2 is 2.31 bits per heavy atom. The predicted molar refractivity (Wildman–Crippen MR) is 52.7 cm³/mol. The average molecular weight is 220 g/mol. The standard InChI is InChI=1S/C9H8N4O3/c1-16-8-4-6(9(14)15)2-3-7(8)13-5-10-11-12-13/h2-5H,1H3,(H,14,15). The van der Waals surface area contributed by atoms with Gasteiger partial charge in [0, 0.05) is 0 Å². The van der Waals surface area contributed by atoms with E-state index in [9.17, 15) is 4.79 Å². The molecule has 0 saturated heterocycles. The van der Waals surface area contributed by atoms with Crippen LogP contribution in [0, 0.1) is 0 Å². The van der Waals surface area contributed by atoms with Crippen LogP contribution in [0.15, 0.2) is 24.5 Å². The molecule has 0 amide bonds. The van der Waals surface area contributed by atoms with Gasteiger partial charge in [-0.1, -0.05) is 0 Å².